The van der Waals surface area contributed by atoms with E-state index >= 15 is 0 Å². The molecular formula is C14H14INO. The monoisotopic (exact) mass is 339 g/mol. The predicted octanol–water partition coefficient (Wildman–Crippen LogP) is 3.92. The quantitative estimate of drug-likeness (QED) is 0.831. The van der Waals surface area contributed by atoms with Gasteiger partial charge in [-0.15, -0.1) is 0 Å². The second kappa shape index (κ2) is 5.40. The summed E-state index contributed by atoms with van der Waals surface area (Å²) in [6.07, 6.45) is 0. The summed E-state index contributed by atoms with van der Waals surface area (Å²) in [6.45, 7) is 2.65. The molecule has 2 aromatic rings. The summed E-state index contributed by atoms with van der Waals surface area (Å²) >= 11 is 2.28. The lowest BCUT2D eigenvalue weighted by molar-refractivity contribution is 0.469. The fourth-order valence-corrected chi connectivity index (χ4v) is 1.98. The molecule has 17 heavy (non-hydrogen) atoms. The first-order valence-electron chi connectivity index (χ1n) is 5.43. The molecule has 0 fully saturated rings. The highest BCUT2D eigenvalue weighted by Crippen LogP contribution is 2.20. The number of hydrogen-bond donors (Lipinski definition) is 2. The Balaban J connectivity index is 2.07. The van der Waals surface area contributed by atoms with Crippen molar-refractivity contribution in [3.05, 3.63) is 57.2 Å². The predicted molar refractivity (Wildman–Crippen MR) is 79.3 cm³/mol. The van der Waals surface area contributed by atoms with Crippen LogP contribution in [-0.4, -0.2) is 5.11 Å². The second-order valence-electron chi connectivity index (χ2n) is 3.99. The third kappa shape index (κ3) is 3.36. The van der Waals surface area contributed by atoms with Crippen molar-refractivity contribution in [1.82, 2.24) is 0 Å². The molecule has 0 aliphatic heterocycles. The van der Waals surface area contributed by atoms with Gasteiger partial charge in [0.2, 0.25) is 0 Å². The topological polar surface area (TPSA) is 32.3 Å². The summed E-state index contributed by atoms with van der Waals surface area (Å²) in [5.74, 6) is 0.341. The molecular weight excluding hydrogens is 325 g/mol. The van der Waals surface area contributed by atoms with Crippen LogP contribution in [0.15, 0.2) is 42.5 Å². The standard InChI is InChI=1S/C14H14INO/c1-10-2-7-14(17)11(8-10)9-16-13-5-3-12(15)4-6-13/h2-8,16-17H,9H2,1H3. The second-order valence-corrected chi connectivity index (χ2v) is 5.24. The Labute approximate surface area is 115 Å². The molecule has 0 saturated carbocycles. The maximum absolute atomic E-state index is 9.72. The van der Waals surface area contributed by atoms with E-state index in [1.807, 2.05) is 31.2 Å². The molecule has 2 rings (SSSR count). The average Bonchev–Trinajstić information content (AvgIpc) is 2.32. The molecule has 0 aliphatic rings. The van der Waals surface area contributed by atoms with E-state index in [-0.39, 0.29) is 0 Å². The van der Waals surface area contributed by atoms with Crippen molar-refractivity contribution >= 4 is 28.3 Å². The Morgan fingerprint density at radius 3 is 2.53 bits per heavy atom. The lowest BCUT2D eigenvalue weighted by Gasteiger charge is -2.09. The van der Waals surface area contributed by atoms with Gasteiger partial charge < -0.3 is 10.4 Å². The van der Waals surface area contributed by atoms with Crippen LogP contribution in [0, 0.1) is 10.5 Å². The third-order valence-electron chi connectivity index (χ3n) is 2.56. The SMILES string of the molecule is Cc1ccc(O)c(CNc2ccc(I)cc2)c1. The van der Waals surface area contributed by atoms with Crippen LogP contribution in [0.25, 0.3) is 0 Å². The Bertz CT molecular complexity index is 508. The molecule has 88 valence electrons. The number of phenols is 1. The number of benzene rings is 2. The zero-order chi connectivity index (χ0) is 12.3. The van der Waals surface area contributed by atoms with E-state index in [1.54, 1.807) is 6.07 Å². The van der Waals surface area contributed by atoms with E-state index in [2.05, 4.69) is 40.0 Å². The molecule has 2 nitrogen and oxygen atoms in total. The number of aryl methyl sites for hydroxylation is 1. The molecule has 2 aromatic carbocycles. The highest BCUT2D eigenvalue weighted by Gasteiger charge is 2.01. The van der Waals surface area contributed by atoms with Crippen LogP contribution < -0.4 is 5.32 Å². The minimum atomic E-state index is 0.341. The molecule has 0 bridgehead atoms. The van der Waals surface area contributed by atoms with Crippen molar-refractivity contribution in [2.24, 2.45) is 0 Å². The maximum atomic E-state index is 9.72. The number of halogens is 1. The maximum Gasteiger partial charge on any atom is 0.120 e. The largest absolute Gasteiger partial charge is 0.508 e. The van der Waals surface area contributed by atoms with E-state index in [4.69, 9.17) is 0 Å². The summed E-state index contributed by atoms with van der Waals surface area (Å²) in [6, 6.07) is 13.8. The Kier molecular flexibility index (Phi) is 3.89. The minimum absolute atomic E-state index is 0.341. The van der Waals surface area contributed by atoms with Crippen LogP contribution in [0.1, 0.15) is 11.1 Å². The molecule has 0 unspecified atom stereocenters. The smallest absolute Gasteiger partial charge is 0.120 e. The van der Waals surface area contributed by atoms with Crippen LogP contribution in [0.3, 0.4) is 0 Å². The van der Waals surface area contributed by atoms with E-state index in [9.17, 15) is 5.11 Å². The van der Waals surface area contributed by atoms with Crippen molar-refractivity contribution in [1.29, 1.82) is 0 Å². The van der Waals surface area contributed by atoms with E-state index in [1.165, 1.54) is 3.57 Å². The lowest BCUT2D eigenvalue weighted by atomic mass is 10.1. The van der Waals surface area contributed by atoms with Crippen molar-refractivity contribution in [2.45, 2.75) is 13.5 Å². The zero-order valence-corrected chi connectivity index (χ0v) is 11.7. The fraction of sp³-hybridized carbons (Fsp3) is 0.143. The van der Waals surface area contributed by atoms with Gasteiger partial charge in [0.15, 0.2) is 0 Å². The summed E-state index contributed by atoms with van der Waals surface area (Å²) in [4.78, 5) is 0. The first-order valence-corrected chi connectivity index (χ1v) is 6.51. The summed E-state index contributed by atoms with van der Waals surface area (Å²) in [7, 11) is 0. The van der Waals surface area contributed by atoms with Gasteiger partial charge >= 0.3 is 0 Å². The minimum Gasteiger partial charge on any atom is -0.508 e. The highest BCUT2D eigenvalue weighted by atomic mass is 127. The van der Waals surface area contributed by atoms with Crippen molar-refractivity contribution in [2.75, 3.05) is 5.32 Å². The van der Waals surface area contributed by atoms with E-state index in [0.717, 1.165) is 16.8 Å². The van der Waals surface area contributed by atoms with Crippen LogP contribution in [0.2, 0.25) is 0 Å². The van der Waals surface area contributed by atoms with Crippen LogP contribution in [0.5, 0.6) is 5.75 Å². The number of aromatic hydroxyl groups is 1. The zero-order valence-electron chi connectivity index (χ0n) is 9.57. The Morgan fingerprint density at radius 1 is 1.12 bits per heavy atom. The molecule has 0 aromatic heterocycles. The molecule has 3 heteroatoms. The molecule has 0 saturated heterocycles. The number of hydrogen-bond acceptors (Lipinski definition) is 2. The summed E-state index contributed by atoms with van der Waals surface area (Å²) in [5.41, 5.74) is 3.14. The fourth-order valence-electron chi connectivity index (χ4n) is 1.62. The molecule has 0 spiro atoms. The van der Waals surface area contributed by atoms with Gasteiger partial charge in [-0.2, -0.15) is 0 Å². The van der Waals surface area contributed by atoms with Crippen LogP contribution >= 0.6 is 22.6 Å². The summed E-state index contributed by atoms with van der Waals surface area (Å²) < 4.78 is 1.21. The van der Waals surface area contributed by atoms with Gasteiger partial charge in [-0.1, -0.05) is 17.7 Å². The van der Waals surface area contributed by atoms with Crippen LogP contribution in [0.4, 0.5) is 5.69 Å². The molecule has 0 aliphatic carbocycles. The average molecular weight is 339 g/mol. The molecule has 0 atom stereocenters. The van der Waals surface area contributed by atoms with Crippen molar-refractivity contribution in [3.8, 4) is 5.75 Å². The number of phenolic OH excluding ortho intramolecular Hbond substituents is 1. The first-order chi connectivity index (χ1) is 8.15. The van der Waals surface area contributed by atoms with Crippen molar-refractivity contribution < 1.29 is 5.11 Å². The molecule has 0 radical (unpaired) electrons. The lowest BCUT2D eigenvalue weighted by Crippen LogP contribution is -1.99. The number of rotatable bonds is 3. The molecule has 0 amide bonds. The number of anilines is 1. The van der Waals surface area contributed by atoms with E-state index < -0.39 is 0 Å². The van der Waals surface area contributed by atoms with Gasteiger partial charge in [0.25, 0.3) is 0 Å². The van der Waals surface area contributed by atoms with Crippen molar-refractivity contribution in [3.63, 3.8) is 0 Å². The highest BCUT2D eigenvalue weighted by molar-refractivity contribution is 14.1. The number of nitrogens with one attached hydrogen (secondary N) is 1. The van der Waals surface area contributed by atoms with Gasteiger partial charge in [-0.3, -0.25) is 0 Å². The third-order valence-corrected chi connectivity index (χ3v) is 3.28. The van der Waals surface area contributed by atoms with Gasteiger partial charge in [-0.25, -0.2) is 0 Å². The first kappa shape index (κ1) is 12.2. The molecule has 0 heterocycles. The normalized spacial score (nSPS) is 10.2. The van der Waals surface area contributed by atoms with Gasteiger partial charge in [-0.05, 0) is 59.8 Å². The Hall–Kier alpha value is -1.23. The molecule has 2 N–H and O–H groups in total. The van der Waals surface area contributed by atoms with Gasteiger partial charge in [0.05, 0.1) is 0 Å². The van der Waals surface area contributed by atoms with Gasteiger partial charge in [0.1, 0.15) is 5.75 Å². The van der Waals surface area contributed by atoms with Crippen LogP contribution in [-0.2, 0) is 6.54 Å². The summed E-state index contributed by atoms with van der Waals surface area (Å²) in [5, 5.41) is 13.0. The Morgan fingerprint density at radius 2 is 1.82 bits per heavy atom. The van der Waals surface area contributed by atoms with E-state index in [0.29, 0.717) is 12.3 Å². The van der Waals surface area contributed by atoms with Gasteiger partial charge in [0, 0.05) is 21.4 Å².